The second-order valence-electron chi connectivity index (χ2n) is 8.77. The second-order valence-corrected chi connectivity index (χ2v) is 8.77. The molecule has 1 atom stereocenters. The van der Waals surface area contributed by atoms with Crippen LogP contribution in [-0.4, -0.2) is 36.6 Å². The Morgan fingerprint density at radius 1 is 0.897 bits per heavy atom. The molecule has 1 aliphatic rings. The van der Waals surface area contributed by atoms with E-state index in [1.807, 2.05) is 20.8 Å². The Balaban J connectivity index is 1.89. The van der Waals surface area contributed by atoms with E-state index < -0.39 is 17.7 Å². The molecule has 3 aromatic carbocycles. The number of Topliss-reactive ketones (excluding diaryl/α,β-unsaturated/α-hetero) is 1. The summed E-state index contributed by atoms with van der Waals surface area (Å²) in [5, 5.41) is 20.8. The molecule has 0 bridgehead atoms. The molecule has 200 valence electrons. The van der Waals surface area contributed by atoms with Crippen molar-refractivity contribution in [3.05, 3.63) is 89.0 Å². The lowest BCUT2D eigenvalue weighted by Gasteiger charge is -2.26. The highest BCUT2D eigenvalue weighted by Crippen LogP contribution is 2.44. The minimum absolute atomic E-state index is 0.0725. The topological polar surface area (TPSA) is 109 Å². The van der Waals surface area contributed by atoms with Gasteiger partial charge in [-0.05, 0) is 74.4 Å². The molecule has 0 spiro atoms. The predicted octanol–water partition coefficient (Wildman–Crippen LogP) is 5.77. The predicted molar refractivity (Wildman–Crippen MR) is 147 cm³/mol. The fraction of sp³-hybridized carbons (Fsp3) is 0.258. The minimum atomic E-state index is -0.931. The van der Waals surface area contributed by atoms with Crippen LogP contribution in [0.25, 0.3) is 5.76 Å². The molecule has 1 heterocycles. The maximum absolute atomic E-state index is 13.5. The van der Waals surface area contributed by atoms with Gasteiger partial charge >= 0.3 is 0 Å². The van der Waals surface area contributed by atoms with Crippen LogP contribution in [0.5, 0.6) is 17.2 Å². The van der Waals surface area contributed by atoms with Crippen LogP contribution in [0.1, 0.15) is 49.9 Å². The van der Waals surface area contributed by atoms with Gasteiger partial charge in [-0.3, -0.25) is 14.5 Å². The van der Waals surface area contributed by atoms with Gasteiger partial charge < -0.3 is 19.3 Å². The molecule has 3 aromatic rings. The third-order valence-corrected chi connectivity index (χ3v) is 6.21. The van der Waals surface area contributed by atoms with Crippen molar-refractivity contribution >= 4 is 23.1 Å². The average Bonchev–Trinajstić information content (AvgIpc) is 3.22. The normalized spacial score (nSPS) is 16.2. The Bertz CT molecular complexity index is 1420. The van der Waals surface area contributed by atoms with Crippen LogP contribution in [0.3, 0.4) is 0 Å². The molecule has 39 heavy (non-hydrogen) atoms. The van der Waals surface area contributed by atoms with Crippen LogP contribution in [0, 0.1) is 11.3 Å². The van der Waals surface area contributed by atoms with Crippen molar-refractivity contribution in [3.8, 4) is 23.3 Å². The quantitative estimate of drug-likeness (QED) is 0.203. The van der Waals surface area contributed by atoms with Gasteiger partial charge in [-0.2, -0.15) is 5.26 Å². The number of amides is 1. The third kappa shape index (κ3) is 5.58. The molecule has 0 saturated carbocycles. The van der Waals surface area contributed by atoms with E-state index in [1.165, 1.54) is 4.90 Å². The number of aliphatic hydroxyl groups is 1. The zero-order chi connectivity index (χ0) is 27.9. The Morgan fingerprint density at radius 3 is 2.18 bits per heavy atom. The number of carbonyl (C=O) groups excluding carboxylic acids is 2. The van der Waals surface area contributed by atoms with E-state index in [0.29, 0.717) is 53.9 Å². The van der Waals surface area contributed by atoms with E-state index in [1.54, 1.807) is 66.7 Å². The summed E-state index contributed by atoms with van der Waals surface area (Å²) < 4.78 is 17.0. The van der Waals surface area contributed by atoms with Gasteiger partial charge in [-0.15, -0.1) is 0 Å². The van der Waals surface area contributed by atoms with E-state index in [2.05, 4.69) is 6.07 Å². The average molecular weight is 527 g/mol. The lowest BCUT2D eigenvalue weighted by molar-refractivity contribution is -0.132. The number of carbonyl (C=O) groups is 2. The standard InChI is InChI=1S/C31H30N2O6/c1-4-17-39-23-13-9-21(10-14-23)28-27(29(34)25-16-15-24(37-5-2)18-26(25)38-6-3)30(35)31(36)33(28)22-11-7-20(19-32)8-12-22/h7-16,18,28,34H,4-6,17H2,1-3H3/b29-27-. The van der Waals surface area contributed by atoms with Gasteiger partial charge in [0.25, 0.3) is 11.7 Å². The smallest absolute Gasteiger partial charge is 0.300 e. The number of hydrogen-bond acceptors (Lipinski definition) is 7. The van der Waals surface area contributed by atoms with Crippen molar-refractivity contribution < 1.29 is 28.9 Å². The summed E-state index contributed by atoms with van der Waals surface area (Å²) in [6.07, 6.45) is 0.852. The molecule has 4 rings (SSSR count). The van der Waals surface area contributed by atoms with Crippen LogP contribution in [0.15, 0.2) is 72.3 Å². The SMILES string of the molecule is CCCOc1ccc(C2/C(=C(/O)c3ccc(OCC)cc3OCC)C(=O)C(=O)N2c2ccc(C#N)cc2)cc1. The largest absolute Gasteiger partial charge is 0.507 e. The summed E-state index contributed by atoms with van der Waals surface area (Å²) in [5.74, 6) is -0.443. The highest BCUT2D eigenvalue weighted by Gasteiger charge is 2.47. The van der Waals surface area contributed by atoms with E-state index in [4.69, 9.17) is 14.2 Å². The zero-order valence-electron chi connectivity index (χ0n) is 22.1. The maximum atomic E-state index is 13.5. The number of nitrogens with zero attached hydrogens (tertiary/aromatic N) is 2. The zero-order valence-corrected chi connectivity index (χ0v) is 22.1. The van der Waals surface area contributed by atoms with Crippen molar-refractivity contribution in [3.63, 3.8) is 0 Å². The summed E-state index contributed by atoms with van der Waals surface area (Å²) in [5.41, 5.74) is 1.64. The van der Waals surface area contributed by atoms with Gasteiger partial charge in [0.05, 0.1) is 48.6 Å². The molecule has 8 nitrogen and oxygen atoms in total. The number of ketones is 1. The molecule has 1 saturated heterocycles. The highest BCUT2D eigenvalue weighted by molar-refractivity contribution is 6.51. The molecular weight excluding hydrogens is 496 g/mol. The number of benzene rings is 3. The molecule has 8 heteroatoms. The highest BCUT2D eigenvalue weighted by atomic mass is 16.5. The summed E-state index contributed by atoms with van der Waals surface area (Å²) in [6, 6.07) is 19.5. The Labute approximate surface area is 227 Å². The van der Waals surface area contributed by atoms with E-state index in [9.17, 15) is 20.0 Å². The number of ether oxygens (including phenoxy) is 3. The summed E-state index contributed by atoms with van der Waals surface area (Å²) >= 11 is 0. The van der Waals surface area contributed by atoms with Gasteiger partial charge in [0.1, 0.15) is 23.0 Å². The summed E-state index contributed by atoms with van der Waals surface area (Å²) in [6.45, 7) is 7.00. The molecule has 1 N–H and O–H groups in total. The second kappa shape index (κ2) is 12.2. The number of nitriles is 1. The first-order chi connectivity index (χ1) is 18.9. The summed E-state index contributed by atoms with van der Waals surface area (Å²) in [7, 11) is 0. The Kier molecular flexibility index (Phi) is 8.52. The molecular formula is C31H30N2O6. The molecule has 1 fully saturated rings. The van der Waals surface area contributed by atoms with Crippen molar-refractivity contribution in [2.24, 2.45) is 0 Å². The van der Waals surface area contributed by atoms with E-state index >= 15 is 0 Å². The van der Waals surface area contributed by atoms with Crippen LogP contribution < -0.4 is 19.1 Å². The van der Waals surface area contributed by atoms with Crippen molar-refractivity contribution in [1.29, 1.82) is 5.26 Å². The molecule has 0 aliphatic carbocycles. The third-order valence-electron chi connectivity index (χ3n) is 6.21. The van der Waals surface area contributed by atoms with Crippen LogP contribution in [-0.2, 0) is 9.59 Å². The first-order valence-corrected chi connectivity index (χ1v) is 12.9. The van der Waals surface area contributed by atoms with Crippen molar-refractivity contribution in [2.45, 2.75) is 33.2 Å². The maximum Gasteiger partial charge on any atom is 0.300 e. The first kappa shape index (κ1) is 27.3. The summed E-state index contributed by atoms with van der Waals surface area (Å²) in [4.78, 5) is 28.3. The Hall–Kier alpha value is -4.77. The molecule has 1 unspecified atom stereocenters. The Morgan fingerprint density at radius 2 is 1.56 bits per heavy atom. The minimum Gasteiger partial charge on any atom is -0.507 e. The molecule has 0 radical (unpaired) electrons. The van der Waals surface area contributed by atoms with Gasteiger partial charge in [0.2, 0.25) is 0 Å². The van der Waals surface area contributed by atoms with E-state index in [-0.39, 0.29) is 16.9 Å². The van der Waals surface area contributed by atoms with Crippen LogP contribution in [0.4, 0.5) is 5.69 Å². The van der Waals surface area contributed by atoms with Gasteiger partial charge in [0, 0.05) is 11.8 Å². The van der Waals surface area contributed by atoms with Crippen molar-refractivity contribution in [2.75, 3.05) is 24.7 Å². The van der Waals surface area contributed by atoms with Gasteiger partial charge in [-0.1, -0.05) is 19.1 Å². The first-order valence-electron chi connectivity index (χ1n) is 12.9. The monoisotopic (exact) mass is 526 g/mol. The molecule has 1 amide bonds. The van der Waals surface area contributed by atoms with Crippen molar-refractivity contribution in [1.82, 2.24) is 0 Å². The fourth-order valence-electron chi connectivity index (χ4n) is 4.45. The molecule has 1 aliphatic heterocycles. The lowest BCUT2D eigenvalue weighted by Crippen LogP contribution is -2.29. The van der Waals surface area contributed by atoms with E-state index in [0.717, 1.165) is 6.42 Å². The number of anilines is 1. The molecule has 0 aromatic heterocycles. The number of aliphatic hydroxyl groups excluding tert-OH is 1. The number of hydrogen-bond donors (Lipinski definition) is 1. The number of rotatable bonds is 10. The van der Waals surface area contributed by atoms with Crippen LogP contribution in [0.2, 0.25) is 0 Å². The fourth-order valence-corrected chi connectivity index (χ4v) is 4.45. The lowest BCUT2D eigenvalue weighted by atomic mass is 9.94. The van der Waals surface area contributed by atoms with Crippen LogP contribution >= 0.6 is 0 Å². The van der Waals surface area contributed by atoms with Gasteiger partial charge in [-0.25, -0.2) is 0 Å². The van der Waals surface area contributed by atoms with Gasteiger partial charge in [0.15, 0.2) is 0 Å².